The number of nitrogens with zero attached hydrogens (tertiary/aromatic N) is 2. The van der Waals surface area contributed by atoms with Crippen LogP contribution in [-0.4, -0.2) is 60.3 Å². The number of aliphatic hydroxyl groups is 2. The van der Waals surface area contributed by atoms with E-state index >= 15 is 0 Å². The molecule has 2 aliphatic heterocycles. The molecule has 30 heavy (non-hydrogen) atoms. The van der Waals surface area contributed by atoms with Crippen LogP contribution in [0.25, 0.3) is 0 Å². The van der Waals surface area contributed by atoms with Crippen LogP contribution in [-0.2, 0) is 9.26 Å². The molecule has 1 unspecified atom stereocenters. The van der Waals surface area contributed by atoms with Gasteiger partial charge in [-0.25, -0.2) is 4.79 Å². The molecule has 158 valence electrons. The number of carbonyl (C=O) groups excluding carboxylic acids is 2. The van der Waals surface area contributed by atoms with Gasteiger partial charge in [0.2, 0.25) is 19.9 Å². The van der Waals surface area contributed by atoms with Gasteiger partial charge in [-0.05, 0) is 6.07 Å². The maximum absolute atomic E-state index is 13.3. The summed E-state index contributed by atoms with van der Waals surface area (Å²) in [4.78, 5) is 60.6. The summed E-state index contributed by atoms with van der Waals surface area (Å²) in [6.45, 7) is -0.499. The molecule has 13 heteroatoms. The fourth-order valence-electron chi connectivity index (χ4n) is 3.64. The maximum atomic E-state index is 13.3. The SMILES string of the molecule is NP(O)OC[C@H]1O[C@H]2n3ccc(=O)n(c3=O)C(=O)c3ccccc3C(=O)[C@@]2(O)[C@@H]1O. The van der Waals surface area contributed by atoms with Gasteiger partial charge in [0.25, 0.3) is 11.5 Å². The average Bonchev–Trinajstić information content (AvgIpc) is 2.97. The number of benzene rings is 1. The quantitative estimate of drug-likeness (QED) is 0.395. The molecule has 12 nitrogen and oxygen atoms in total. The second-order valence-corrected chi connectivity index (χ2v) is 7.62. The molecule has 5 atom stereocenters. The Morgan fingerprint density at radius 2 is 1.83 bits per heavy atom. The number of ether oxygens (including phenoxy) is 1. The van der Waals surface area contributed by atoms with Crippen molar-refractivity contribution >= 4 is 20.2 Å². The number of hydrogen-bond acceptors (Lipinski definition) is 10. The molecule has 2 bridgehead atoms. The Hall–Kier alpha value is -2.57. The number of rotatable bonds is 3. The molecule has 0 saturated carbocycles. The molecule has 0 spiro atoms. The summed E-state index contributed by atoms with van der Waals surface area (Å²) in [5.74, 6) is -2.15. The average molecular weight is 437 g/mol. The monoisotopic (exact) mass is 437 g/mol. The van der Waals surface area contributed by atoms with E-state index in [2.05, 4.69) is 0 Å². The molecule has 1 aromatic heterocycles. The number of fused-ring (bicyclic) bond motifs is 5. The first-order valence-corrected chi connectivity index (χ1v) is 9.91. The number of carbonyl (C=O) groups is 2. The van der Waals surface area contributed by atoms with Gasteiger partial charge in [0.15, 0.2) is 6.23 Å². The van der Waals surface area contributed by atoms with Gasteiger partial charge in [-0.3, -0.25) is 24.5 Å². The normalized spacial score (nSPS) is 28.9. The Kier molecular flexibility index (Phi) is 5.03. The van der Waals surface area contributed by atoms with Crippen molar-refractivity contribution < 1.29 is 34.0 Å². The summed E-state index contributed by atoms with van der Waals surface area (Å²) in [6, 6.07) is 6.17. The number of hydrogen-bond donors (Lipinski definition) is 4. The highest BCUT2D eigenvalue weighted by Gasteiger charge is 2.62. The minimum atomic E-state index is -2.71. The Bertz CT molecular complexity index is 1160. The number of aliphatic hydroxyl groups excluding tert-OH is 1. The first kappa shape index (κ1) is 20.7. The number of ketones is 1. The lowest BCUT2D eigenvalue weighted by molar-refractivity contribution is -0.0854. The summed E-state index contributed by atoms with van der Waals surface area (Å²) in [5, 5.41) is 22.1. The van der Waals surface area contributed by atoms with E-state index in [9.17, 15) is 29.4 Å². The van der Waals surface area contributed by atoms with Gasteiger partial charge >= 0.3 is 5.69 Å². The molecule has 5 N–H and O–H groups in total. The topological polar surface area (TPSA) is 183 Å². The lowest BCUT2D eigenvalue weighted by Gasteiger charge is -2.30. The van der Waals surface area contributed by atoms with E-state index in [0.717, 1.165) is 12.3 Å². The van der Waals surface area contributed by atoms with E-state index < -0.39 is 62.1 Å². The highest BCUT2D eigenvalue weighted by atomic mass is 31.2. The van der Waals surface area contributed by atoms with Gasteiger partial charge in [-0.2, -0.15) is 4.57 Å². The minimum Gasteiger partial charge on any atom is -0.387 e. The van der Waals surface area contributed by atoms with Gasteiger partial charge < -0.3 is 24.4 Å². The van der Waals surface area contributed by atoms with E-state index in [1.807, 2.05) is 0 Å². The zero-order valence-electron chi connectivity index (χ0n) is 15.1. The van der Waals surface area contributed by atoms with E-state index in [0.29, 0.717) is 9.13 Å². The van der Waals surface area contributed by atoms with Crippen LogP contribution in [0.3, 0.4) is 0 Å². The van der Waals surface area contributed by atoms with Crippen LogP contribution in [0, 0.1) is 0 Å². The molecule has 4 rings (SSSR count). The van der Waals surface area contributed by atoms with Gasteiger partial charge in [0.1, 0.15) is 12.2 Å². The van der Waals surface area contributed by atoms with Gasteiger partial charge in [0, 0.05) is 17.8 Å². The third kappa shape index (κ3) is 2.89. The second-order valence-electron chi connectivity index (χ2n) is 6.75. The van der Waals surface area contributed by atoms with Crippen molar-refractivity contribution in [1.82, 2.24) is 9.13 Å². The van der Waals surface area contributed by atoms with Crippen LogP contribution in [0.15, 0.2) is 46.1 Å². The van der Waals surface area contributed by atoms with Crippen LogP contribution in [0.5, 0.6) is 0 Å². The van der Waals surface area contributed by atoms with E-state index in [4.69, 9.17) is 19.7 Å². The summed E-state index contributed by atoms with van der Waals surface area (Å²) < 4.78 is 11.4. The predicted octanol–water partition coefficient (Wildman–Crippen LogP) is -1.92. The van der Waals surface area contributed by atoms with E-state index in [1.165, 1.54) is 24.3 Å². The molecule has 2 aliphatic rings. The smallest absolute Gasteiger partial charge is 0.340 e. The Balaban J connectivity index is 1.99. The predicted molar refractivity (Wildman–Crippen MR) is 99.6 cm³/mol. The van der Waals surface area contributed by atoms with Crippen molar-refractivity contribution in [3.8, 4) is 0 Å². The van der Waals surface area contributed by atoms with Crippen LogP contribution in [0.2, 0.25) is 0 Å². The highest BCUT2D eigenvalue weighted by molar-refractivity contribution is 7.43. The zero-order valence-corrected chi connectivity index (χ0v) is 16.0. The molecule has 0 aliphatic carbocycles. The Labute approximate surface area is 168 Å². The number of aromatic nitrogens is 2. The summed E-state index contributed by atoms with van der Waals surface area (Å²) in [5.41, 5.74) is -0.275. The van der Waals surface area contributed by atoms with Crippen LogP contribution in [0.4, 0.5) is 0 Å². The molecule has 0 radical (unpaired) electrons. The molecule has 1 fully saturated rings. The third-order valence-corrected chi connectivity index (χ3v) is 5.50. The fourth-order valence-corrected chi connectivity index (χ4v) is 3.94. The third-order valence-electron chi connectivity index (χ3n) is 5.09. The summed E-state index contributed by atoms with van der Waals surface area (Å²) in [6.07, 6.45) is -4.13. The molecule has 3 heterocycles. The second kappa shape index (κ2) is 7.29. The lowest BCUT2D eigenvalue weighted by Crippen LogP contribution is -2.55. The largest absolute Gasteiger partial charge is 0.387 e. The van der Waals surface area contributed by atoms with E-state index in [-0.39, 0.29) is 11.1 Å². The van der Waals surface area contributed by atoms with Crippen LogP contribution < -0.4 is 16.8 Å². The van der Waals surface area contributed by atoms with Crippen molar-refractivity contribution in [2.24, 2.45) is 5.50 Å². The fraction of sp³-hybridized carbons (Fsp3) is 0.294. The molecular formula is C17H16N3O9P. The van der Waals surface area contributed by atoms with E-state index in [1.54, 1.807) is 0 Å². The highest BCUT2D eigenvalue weighted by Crippen LogP contribution is 2.42. The molecule has 1 saturated heterocycles. The van der Waals surface area contributed by atoms with Crippen molar-refractivity contribution in [3.05, 3.63) is 68.5 Å². The van der Waals surface area contributed by atoms with Crippen molar-refractivity contribution in [2.75, 3.05) is 6.61 Å². The van der Waals surface area contributed by atoms with Gasteiger partial charge in [-0.15, -0.1) is 0 Å². The van der Waals surface area contributed by atoms with Crippen LogP contribution >= 0.6 is 8.53 Å². The minimum absolute atomic E-state index is 0.304. The summed E-state index contributed by atoms with van der Waals surface area (Å²) in [7, 11) is -2.32. The van der Waals surface area contributed by atoms with Gasteiger partial charge in [-0.1, -0.05) is 18.2 Å². The standard InChI is InChI=1S/C17H16N3O9P/c18-30(27)28-7-10-13(23)17(26)12(22)8-3-1-2-4-9(8)14(24)20-11(21)5-6-19(16(20)25)15(17)29-10/h1-6,10,13,15,23,26-27H,7,18H2/t10-,13-,15-,17-,30?/m1/s1. The van der Waals surface area contributed by atoms with Gasteiger partial charge in [0.05, 0.1) is 12.2 Å². The van der Waals surface area contributed by atoms with Crippen molar-refractivity contribution in [1.29, 1.82) is 0 Å². The maximum Gasteiger partial charge on any atom is 0.340 e. The van der Waals surface area contributed by atoms with Crippen LogP contribution in [0.1, 0.15) is 26.9 Å². The molecule has 2 aromatic rings. The molecular weight excluding hydrogens is 421 g/mol. The molecule has 0 amide bonds. The Morgan fingerprint density at radius 1 is 1.17 bits per heavy atom. The van der Waals surface area contributed by atoms with Crippen molar-refractivity contribution in [2.45, 2.75) is 24.0 Å². The molecule has 1 aromatic carbocycles. The lowest BCUT2D eigenvalue weighted by atomic mass is 9.84. The zero-order chi connectivity index (χ0) is 21.8. The summed E-state index contributed by atoms with van der Waals surface area (Å²) >= 11 is 0. The first-order chi connectivity index (χ1) is 14.2. The first-order valence-electron chi connectivity index (χ1n) is 8.63. The Morgan fingerprint density at radius 3 is 2.50 bits per heavy atom. The number of Topliss-reactive ketones (excluding diaryl/α,β-unsaturated/α-hetero) is 1. The van der Waals surface area contributed by atoms with Crippen molar-refractivity contribution in [3.63, 3.8) is 0 Å². The number of nitrogens with two attached hydrogens (primary N) is 1.